The number of aliphatic hydroxyl groups excluding tert-OH is 1. The van der Waals surface area contributed by atoms with E-state index in [4.69, 9.17) is 37.4 Å². The third kappa shape index (κ3) is 5.48. The molecule has 0 amide bonds. The van der Waals surface area contributed by atoms with Crippen LogP contribution in [0.3, 0.4) is 0 Å². The molecule has 0 radical (unpaired) electrons. The molecule has 3 fully saturated rings. The van der Waals surface area contributed by atoms with Crippen molar-refractivity contribution in [1.82, 2.24) is 4.90 Å². The number of carboxylic acids is 1. The van der Waals surface area contributed by atoms with Crippen molar-refractivity contribution < 1.29 is 42.4 Å². The van der Waals surface area contributed by atoms with Gasteiger partial charge in [0.25, 0.3) is 6.43 Å². The van der Waals surface area contributed by atoms with E-state index in [1.54, 1.807) is 46.2 Å². The lowest BCUT2D eigenvalue weighted by Crippen LogP contribution is -2.67. The number of carbonyl (C=O) groups is 1. The van der Waals surface area contributed by atoms with Crippen molar-refractivity contribution in [2.75, 3.05) is 49.9 Å². The van der Waals surface area contributed by atoms with Crippen molar-refractivity contribution in [3.63, 3.8) is 0 Å². The van der Waals surface area contributed by atoms with Crippen LogP contribution >= 0.6 is 23.2 Å². The SMILES string of the molecule is COC1(C(F)F)CN(c2cc(Cl)c(C(O)N3COc4c(cccc4-c4cc(N5C6CCC5COC6)c(C(=O)O)cc4F)C3)c(Cl)c2)C1. The van der Waals surface area contributed by atoms with Crippen LogP contribution in [0.1, 0.15) is 40.6 Å². The summed E-state index contributed by atoms with van der Waals surface area (Å²) in [6.45, 7) is 0.989. The molecule has 0 saturated carbocycles. The van der Waals surface area contributed by atoms with Crippen molar-refractivity contribution in [2.24, 2.45) is 0 Å². The molecule has 3 atom stereocenters. The van der Waals surface area contributed by atoms with Crippen molar-refractivity contribution >= 4 is 40.5 Å². The Balaban J connectivity index is 1.15. The van der Waals surface area contributed by atoms with Crippen LogP contribution in [0.25, 0.3) is 11.1 Å². The molecular weight excluding hydrogens is 662 g/mol. The third-order valence-electron chi connectivity index (χ3n) is 9.72. The summed E-state index contributed by atoms with van der Waals surface area (Å²) in [5.41, 5.74) is 0.864. The predicted octanol–water partition coefficient (Wildman–Crippen LogP) is 6.18. The topological polar surface area (TPSA) is 94.9 Å². The zero-order chi connectivity index (χ0) is 33.2. The number of benzene rings is 3. The number of anilines is 2. The van der Waals surface area contributed by atoms with Gasteiger partial charge in [-0.1, -0.05) is 41.4 Å². The summed E-state index contributed by atoms with van der Waals surface area (Å²) in [7, 11) is 1.25. The Labute approximate surface area is 278 Å². The number of methoxy groups -OCH3 is 1. The van der Waals surface area contributed by atoms with Crippen molar-refractivity contribution in [2.45, 2.75) is 49.7 Å². The van der Waals surface area contributed by atoms with Crippen LogP contribution in [0.15, 0.2) is 42.5 Å². The van der Waals surface area contributed by atoms with Crippen LogP contribution in [-0.2, 0) is 16.0 Å². The number of aliphatic hydroxyl groups is 1. The lowest BCUT2D eigenvalue weighted by molar-refractivity contribution is -0.135. The first-order valence-electron chi connectivity index (χ1n) is 15.2. The van der Waals surface area contributed by atoms with Gasteiger partial charge in [0.05, 0.1) is 59.7 Å². The molecule has 2 N–H and O–H groups in total. The maximum Gasteiger partial charge on any atom is 0.337 e. The smallest absolute Gasteiger partial charge is 0.337 e. The van der Waals surface area contributed by atoms with Gasteiger partial charge >= 0.3 is 5.97 Å². The minimum Gasteiger partial charge on any atom is -0.478 e. The highest BCUT2D eigenvalue weighted by molar-refractivity contribution is 6.36. The first kappa shape index (κ1) is 32.3. The minimum absolute atomic E-state index is 0.0105. The second kappa shape index (κ2) is 12.3. The fourth-order valence-electron chi connectivity index (χ4n) is 7.16. The van der Waals surface area contributed by atoms with Crippen molar-refractivity contribution in [3.05, 3.63) is 75.0 Å². The number of fused-ring (bicyclic) bond motifs is 3. The molecule has 0 spiro atoms. The second-order valence-electron chi connectivity index (χ2n) is 12.4. The highest BCUT2D eigenvalue weighted by atomic mass is 35.5. The molecule has 250 valence electrons. The first-order chi connectivity index (χ1) is 22.5. The largest absolute Gasteiger partial charge is 0.478 e. The summed E-state index contributed by atoms with van der Waals surface area (Å²) in [6, 6.07) is 11.1. The van der Waals surface area contributed by atoms with E-state index < -0.39 is 30.0 Å². The monoisotopic (exact) mass is 693 g/mol. The summed E-state index contributed by atoms with van der Waals surface area (Å²) in [5.74, 6) is -1.48. The molecule has 7 rings (SSSR count). The number of hydrogen-bond donors (Lipinski definition) is 2. The van der Waals surface area contributed by atoms with E-state index in [9.17, 15) is 23.8 Å². The van der Waals surface area contributed by atoms with E-state index in [0.29, 0.717) is 41.5 Å². The van der Waals surface area contributed by atoms with Gasteiger partial charge in [0, 0.05) is 41.6 Å². The van der Waals surface area contributed by atoms with Gasteiger partial charge in [-0.3, -0.25) is 0 Å². The summed E-state index contributed by atoms with van der Waals surface area (Å²) < 4.78 is 59.5. The molecule has 47 heavy (non-hydrogen) atoms. The molecule has 0 aliphatic carbocycles. The minimum atomic E-state index is -2.65. The summed E-state index contributed by atoms with van der Waals surface area (Å²) >= 11 is 13.2. The maximum absolute atomic E-state index is 15.7. The van der Waals surface area contributed by atoms with Gasteiger partial charge in [0.15, 0.2) is 5.60 Å². The Morgan fingerprint density at radius 2 is 1.74 bits per heavy atom. The average Bonchev–Trinajstić information content (AvgIpc) is 3.26. The van der Waals surface area contributed by atoms with Crippen LogP contribution in [0, 0.1) is 5.82 Å². The van der Waals surface area contributed by atoms with Gasteiger partial charge in [0.1, 0.15) is 24.5 Å². The molecule has 14 heteroatoms. The number of ether oxygens (including phenoxy) is 3. The normalized spacial score (nSPS) is 22.6. The van der Waals surface area contributed by atoms with Crippen LogP contribution in [0.2, 0.25) is 10.0 Å². The zero-order valence-corrected chi connectivity index (χ0v) is 26.8. The van der Waals surface area contributed by atoms with Crippen molar-refractivity contribution in [3.8, 4) is 16.9 Å². The summed E-state index contributed by atoms with van der Waals surface area (Å²) in [5, 5.41) is 21.6. The number of para-hydroxylation sites is 1. The van der Waals surface area contributed by atoms with E-state index in [1.165, 1.54) is 7.11 Å². The van der Waals surface area contributed by atoms with E-state index in [-0.39, 0.29) is 65.2 Å². The molecule has 2 bridgehead atoms. The van der Waals surface area contributed by atoms with Gasteiger partial charge in [-0.05, 0) is 37.1 Å². The van der Waals surface area contributed by atoms with Crippen LogP contribution < -0.4 is 14.5 Å². The molecule has 4 aliphatic heterocycles. The number of nitrogens with zero attached hydrogens (tertiary/aromatic N) is 3. The fourth-order valence-corrected chi connectivity index (χ4v) is 7.83. The van der Waals surface area contributed by atoms with E-state index in [2.05, 4.69) is 4.90 Å². The molecule has 4 aliphatic rings. The lowest BCUT2D eigenvalue weighted by Gasteiger charge is -2.49. The van der Waals surface area contributed by atoms with Gasteiger partial charge in [0.2, 0.25) is 0 Å². The zero-order valence-electron chi connectivity index (χ0n) is 25.3. The molecule has 0 aromatic heterocycles. The quantitative estimate of drug-likeness (QED) is 0.287. The molecular formula is C33H32Cl2F3N3O6. The maximum atomic E-state index is 15.7. The number of carboxylic acid groups (broad SMARTS) is 1. The molecule has 3 unspecified atom stereocenters. The number of aromatic carboxylic acids is 1. The Bertz CT molecular complexity index is 1690. The number of hydrogen-bond acceptors (Lipinski definition) is 8. The van der Waals surface area contributed by atoms with Gasteiger partial charge in [-0.2, -0.15) is 0 Å². The Morgan fingerprint density at radius 1 is 1.06 bits per heavy atom. The van der Waals surface area contributed by atoms with Crippen LogP contribution in [-0.4, -0.2) is 85.3 Å². The first-order valence-corrected chi connectivity index (χ1v) is 15.9. The van der Waals surface area contributed by atoms with Gasteiger partial charge in [-0.15, -0.1) is 0 Å². The number of halogens is 5. The van der Waals surface area contributed by atoms with E-state index in [0.717, 1.165) is 18.9 Å². The third-order valence-corrected chi connectivity index (χ3v) is 10.3. The van der Waals surface area contributed by atoms with Crippen LogP contribution in [0.4, 0.5) is 24.5 Å². The average molecular weight is 695 g/mol. The number of alkyl halides is 2. The number of rotatable bonds is 8. The highest BCUT2D eigenvalue weighted by Crippen LogP contribution is 2.45. The highest BCUT2D eigenvalue weighted by Gasteiger charge is 2.51. The predicted molar refractivity (Wildman–Crippen MR) is 169 cm³/mol. The number of morpholine rings is 1. The standard InChI is InChI=1S/C33H32Cl2F3N3O6/c1-45-33(32(37)38)14-40(15-33)20-7-24(34)28(25(35)8-20)30(42)39-11-17-3-2-4-21(29(17)47-16-39)22-10-27(23(31(43)44)9-26(22)36)41-18-5-6-19(41)13-46-12-18/h2-4,7-10,18-19,30,32,42H,5-6,11-16H2,1H3,(H,43,44). The Hall–Kier alpha value is -3.26. The second-order valence-corrected chi connectivity index (χ2v) is 13.2. The summed E-state index contributed by atoms with van der Waals surface area (Å²) in [4.78, 5) is 17.5. The fraction of sp³-hybridized carbons (Fsp3) is 0.424. The van der Waals surface area contributed by atoms with E-state index in [1.807, 2.05) is 0 Å². The van der Waals surface area contributed by atoms with E-state index >= 15 is 4.39 Å². The van der Waals surface area contributed by atoms with Crippen LogP contribution in [0.5, 0.6) is 5.75 Å². The molecule has 3 saturated heterocycles. The molecule has 3 aromatic carbocycles. The van der Waals surface area contributed by atoms with Gasteiger partial charge < -0.3 is 34.2 Å². The Kier molecular flexibility index (Phi) is 8.47. The molecule has 3 aromatic rings. The molecule has 9 nitrogen and oxygen atoms in total. The molecule has 4 heterocycles. The van der Waals surface area contributed by atoms with Gasteiger partial charge in [-0.25, -0.2) is 22.9 Å². The lowest BCUT2D eigenvalue weighted by atomic mass is 9.93. The van der Waals surface area contributed by atoms with Crippen molar-refractivity contribution in [1.29, 1.82) is 0 Å². The Morgan fingerprint density at radius 3 is 2.36 bits per heavy atom. The summed E-state index contributed by atoms with van der Waals surface area (Å²) in [6.07, 6.45) is -2.21.